The van der Waals surface area contributed by atoms with E-state index in [1.54, 1.807) is 11.3 Å². The van der Waals surface area contributed by atoms with Crippen molar-refractivity contribution in [1.82, 2.24) is 10.2 Å². The summed E-state index contributed by atoms with van der Waals surface area (Å²) < 4.78 is 0. The van der Waals surface area contributed by atoms with Gasteiger partial charge in [0.15, 0.2) is 0 Å². The van der Waals surface area contributed by atoms with Gasteiger partial charge in [0.05, 0.1) is 12.1 Å². The lowest BCUT2D eigenvalue weighted by Crippen LogP contribution is -2.60. The van der Waals surface area contributed by atoms with E-state index in [0.717, 1.165) is 51.6 Å². The number of hydrogen-bond donors (Lipinski definition) is 2. The minimum atomic E-state index is -0.285. The Morgan fingerprint density at radius 3 is 2.52 bits per heavy atom. The Hall–Kier alpha value is -0.910. The summed E-state index contributed by atoms with van der Waals surface area (Å²) in [5, 5.41) is 15.3. The van der Waals surface area contributed by atoms with E-state index >= 15 is 0 Å². The Bertz CT molecular complexity index is 571. The van der Waals surface area contributed by atoms with Crippen LogP contribution in [-0.4, -0.2) is 40.6 Å². The summed E-state index contributed by atoms with van der Waals surface area (Å²) in [6.07, 6.45) is 9.45. The molecule has 3 aliphatic rings. The van der Waals surface area contributed by atoms with Crippen LogP contribution < -0.4 is 5.32 Å². The van der Waals surface area contributed by atoms with Gasteiger partial charge in [0.1, 0.15) is 5.54 Å². The van der Waals surface area contributed by atoms with Crippen LogP contribution in [0.3, 0.4) is 0 Å². The molecule has 0 spiro atoms. The molecule has 3 fully saturated rings. The van der Waals surface area contributed by atoms with E-state index in [1.807, 2.05) is 0 Å². The maximum absolute atomic E-state index is 13.5. The van der Waals surface area contributed by atoms with E-state index < -0.39 is 0 Å². The molecule has 1 aliphatic heterocycles. The van der Waals surface area contributed by atoms with Crippen molar-refractivity contribution in [2.45, 2.75) is 75.5 Å². The zero-order valence-electron chi connectivity index (χ0n) is 15.0. The highest BCUT2D eigenvalue weighted by atomic mass is 32.1. The van der Waals surface area contributed by atoms with E-state index in [2.05, 4.69) is 27.7 Å². The smallest absolute Gasteiger partial charge is 0.241 e. The number of hydrogen-bond acceptors (Lipinski definition) is 4. The molecule has 2 N–H and O–H groups in total. The van der Waals surface area contributed by atoms with Crippen molar-refractivity contribution < 1.29 is 9.90 Å². The summed E-state index contributed by atoms with van der Waals surface area (Å²) in [4.78, 5) is 17.2. The molecule has 0 aromatic carbocycles. The molecule has 1 unspecified atom stereocenters. The second kappa shape index (κ2) is 7.37. The molecule has 1 aromatic rings. The van der Waals surface area contributed by atoms with Crippen LogP contribution in [-0.2, 0) is 4.79 Å². The number of carbonyl (C=O) groups is 1. The van der Waals surface area contributed by atoms with E-state index in [1.165, 1.54) is 24.1 Å². The average Bonchev–Trinajstić information content (AvgIpc) is 3.31. The zero-order valence-corrected chi connectivity index (χ0v) is 15.8. The third-order valence-electron chi connectivity index (χ3n) is 6.57. The summed E-state index contributed by atoms with van der Waals surface area (Å²) in [5.74, 6) is 0.616. The molecule has 1 atom stereocenters. The van der Waals surface area contributed by atoms with Crippen molar-refractivity contribution in [2.75, 3.05) is 13.1 Å². The fourth-order valence-electron chi connectivity index (χ4n) is 5.04. The standard InChI is InChI=1S/C20H30N2O2S/c23-16-13-15(14-16)18(17-7-6-12-25-17)21-19(24)20(8-2-1-3-9-20)22-10-4-5-11-22/h6-7,12,15-16,18,23H,1-5,8-11,13-14H2,(H,21,24). The van der Waals surface area contributed by atoms with Gasteiger partial charge in [-0.3, -0.25) is 9.69 Å². The Kier molecular flexibility index (Phi) is 5.16. The third-order valence-corrected chi connectivity index (χ3v) is 7.53. The molecule has 0 radical (unpaired) electrons. The molecule has 4 nitrogen and oxygen atoms in total. The highest BCUT2D eigenvalue weighted by molar-refractivity contribution is 7.10. The van der Waals surface area contributed by atoms with E-state index in [0.29, 0.717) is 5.92 Å². The maximum atomic E-state index is 13.5. The second-order valence-corrected chi connectivity index (χ2v) is 9.12. The minimum Gasteiger partial charge on any atom is -0.393 e. The number of nitrogens with one attached hydrogen (secondary N) is 1. The van der Waals surface area contributed by atoms with Crippen molar-refractivity contribution in [3.8, 4) is 0 Å². The van der Waals surface area contributed by atoms with Crippen molar-refractivity contribution in [2.24, 2.45) is 5.92 Å². The predicted molar refractivity (Wildman–Crippen MR) is 101 cm³/mol. The first kappa shape index (κ1) is 17.5. The van der Waals surface area contributed by atoms with Crippen LogP contribution in [0.5, 0.6) is 0 Å². The van der Waals surface area contributed by atoms with Crippen LogP contribution >= 0.6 is 11.3 Å². The number of aliphatic hydroxyl groups is 1. The maximum Gasteiger partial charge on any atom is 0.241 e. The highest BCUT2D eigenvalue weighted by Crippen LogP contribution is 2.42. The fraction of sp³-hybridized carbons (Fsp3) is 0.750. The van der Waals surface area contributed by atoms with Gasteiger partial charge in [0, 0.05) is 4.88 Å². The lowest BCUT2D eigenvalue weighted by atomic mass is 9.75. The van der Waals surface area contributed by atoms with Crippen LogP contribution in [0.15, 0.2) is 17.5 Å². The molecule has 5 heteroatoms. The molecule has 1 amide bonds. The number of rotatable bonds is 5. The van der Waals surface area contributed by atoms with Gasteiger partial charge in [-0.2, -0.15) is 0 Å². The molecule has 2 aliphatic carbocycles. The Balaban J connectivity index is 1.54. The topological polar surface area (TPSA) is 52.6 Å². The number of nitrogens with zero attached hydrogens (tertiary/aromatic N) is 1. The first-order valence-electron chi connectivity index (χ1n) is 9.96. The van der Waals surface area contributed by atoms with Gasteiger partial charge in [-0.15, -0.1) is 11.3 Å². The monoisotopic (exact) mass is 362 g/mol. The molecule has 25 heavy (non-hydrogen) atoms. The highest BCUT2D eigenvalue weighted by Gasteiger charge is 2.47. The van der Waals surface area contributed by atoms with Gasteiger partial charge in [0.25, 0.3) is 0 Å². The van der Waals surface area contributed by atoms with Gasteiger partial charge >= 0.3 is 0 Å². The second-order valence-electron chi connectivity index (χ2n) is 8.14. The van der Waals surface area contributed by atoms with Crippen LogP contribution in [0, 0.1) is 5.92 Å². The molecule has 0 bridgehead atoms. The Morgan fingerprint density at radius 2 is 1.92 bits per heavy atom. The first-order valence-corrected chi connectivity index (χ1v) is 10.8. The van der Waals surface area contributed by atoms with E-state index in [4.69, 9.17) is 0 Å². The van der Waals surface area contributed by atoms with Gasteiger partial charge in [-0.05, 0) is 69.0 Å². The first-order chi connectivity index (χ1) is 12.2. The molecule has 1 saturated heterocycles. The van der Waals surface area contributed by atoms with Crippen LogP contribution in [0.2, 0.25) is 0 Å². The largest absolute Gasteiger partial charge is 0.393 e. The van der Waals surface area contributed by atoms with Gasteiger partial charge in [-0.1, -0.05) is 25.3 Å². The lowest BCUT2D eigenvalue weighted by Gasteiger charge is -2.45. The minimum absolute atomic E-state index is 0.0669. The summed E-state index contributed by atoms with van der Waals surface area (Å²) in [6, 6.07) is 4.26. The van der Waals surface area contributed by atoms with Crippen LogP contribution in [0.1, 0.15) is 68.7 Å². The molecular weight excluding hydrogens is 332 g/mol. The van der Waals surface area contributed by atoms with E-state index in [9.17, 15) is 9.90 Å². The molecule has 4 rings (SSSR count). The normalized spacial score (nSPS) is 30.6. The quantitative estimate of drug-likeness (QED) is 0.843. The number of aliphatic hydroxyl groups excluding tert-OH is 1. The summed E-state index contributed by atoms with van der Waals surface area (Å²) in [7, 11) is 0. The summed E-state index contributed by atoms with van der Waals surface area (Å²) in [5.41, 5.74) is -0.285. The molecular formula is C20H30N2O2S. The predicted octanol–water partition coefficient (Wildman–Crippen LogP) is 3.48. The van der Waals surface area contributed by atoms with Crippen molar-refractivity contribution in [1.29, 1.82) is 0 Å². The van der Waals surface area contributed by atoms with Crippen LogP contribution in [0.4, 0.5) is 0 Å². The van der Waals surface area contributed by atoms with Crippen molar-refractivity contribution in [3.05, 3.63) is 22.4 Å². The molecule has 1 aromatic heterocycles. The lowest BCUT2D eigenvalue weighted by molar-refractivity contribution is -0.137. The van der Waals surface area contributed by atoms with Crippen LogP contribution in [0.25, 0.3) is 0 Å². The van der Waals surface area contributed by atoms with Crippen molar-refractivity contribution in [3.63, 3.8) is 0 Å². The Labute approximate surface area is 154 Å². The van der Waals surface area contributed by atoms with Gasteiger partial charge in [-0.25, -0.2) is 0 Å². The third kappa shape index (κ3) is 3.38. The SMILES string of the molecule is O=C(NC(c1cccs1)C1CC(O)C1)C1(N2CCCC2)CCCCC1. The summed E-state index contributed by atoms with van der Waals surface area (Å²) in [6.45, 7) is 2.14. The number of carbonyl (C=O) groups excluding carboxylic acids is 1. The molecule has 2 saturated carbocycles. The van der Waals surface area contributed by atoms with Gasteiger partial charge < -0.3 is 10.4 Å². The van der Waals surface area contributed by atoms with Crippen molar-refractivity contribution >= 4 is 17.2 Å². The van der Waals surface area contributed by atoms with Gasteiger partial charge in [0.2, 0.25) is 5.91 Å². The number of likely N-dealkylation sites (tertiary alicyclic amines) is 1. The molecule has 138 valence electrons. The fourth-order valence-corrected chi connectivity index (χ4v) is 5.91. The Morgan fingerprint density at radius 1 is 1.20 bits per heavy atom. The molecule has 2 heterocycles. The summed E-state index contributed by atoms with van der Waals surface area (Å²) >= 11 is 1.72. The zero-order chi connectivity index (χ0) is 17.3. The number of thiophene rings is 1. The average molecular weight is 363 g/mol. The number of amides is 1. The van der Waals surface area contributed by atoms with E-state index in [-0.39, 0.29) is 23.6 Å².